The summed E-state index contributed by atoms with van der Waals surface area (Å²) in [7, 11) is 0. The van der Waals surface area contributed by atoms with Gasteiger partial charge in [-0.2, -0.15) is 13.2 Å². The third-order valence-electron chi connectivity index (χ3n) is 10.0. The van der Waals surface area contributed by atoms with Crippen molar-refractivity contribution in [3.63, 3.8) is 0 Å². The number of urea groups is 1. The van der Waals surface area contributed by atoms with Crippen molar-refractivity contribution >= 4 is 35.3 Å². The van der Waals surface area contributed by atoms with E-state index in [4.69, 9.17) is 16.3 Å². The van der Waals surface area contributed by atoms with Gasteiger partial charge in [-0.1, -0.05) is 35.9 Å². The van der Waals surface area contributed by atoms with Gasteiger partial charge in [0.15, 0.2) is 6.10 Å². The fourth-order valence-corrected chi connectivity index (χ4v) is 7.60. The molecule has 0 aliphatic carbocycles. The molecule has 0 radical (unpaired) electrons. The average Bonchev–Trinajstić information content (AvgIpc) is 3.25. The lowest BCUT2D eigenvalue weighted by Gasteiger charge is -2.41. The van der Waals surface area contributed by atoms with Crippen LogP contribution in [0.25, 0.3) is 0 Å². The molecule has 48 heavy (non-hydrogen) atoms. The Bertz CT molecular complexity index is 1470. The molecule has 14 heteroatoms. The average molecular weight is 691 g/mol. The number of hydrogen-bond donors (Lipinski definition) is 2. The number of hydrogen-bond acceptors (Lipinski definition) is 6. The number of piperazine rings is 1. The summed E-state index contributed by atoms with van der Waals surface area (Å²) in [5, 5.41) is 5.89. The van der Waals surface area contributed by atoms with Crippen LogP contribution in [0.4, 0.5) is 28.4 Å². The van der Waals surface area contributed by atoms with Crippen LogP contribution in [-0.2, 0) is 28.5 Å². The second-order valence-electron chi connectivity index (χ2n) is 13.0. The van der Waals surface area contributed by atoms with Crippen molar-refractivity contribution in [3.8, 4) is 0 Å². The number of nitrogens with zero attached hydrogens (tertiary/aromatic N) is 4. The topological polar surface area (TPSA) is 97.5 Å². The summed E-state index contributed by atoms with van der Waals surface area (Å²) < 4.78 is 45.9. The highest BCUT2D eigenvalue weighted by Gasteiger charge is 2.37. The summed E-state index contributed by atoms with van der Waals surface area (Å²) in [6.07, 6.45) is -2.70. The second kappa shape index (κ2) is 14.9. The predicted octanol–water partition coefficient (Wildman–Crippen LogP) is 4.86. The Kier molecular flexibility index (Phi) is 10.7. The normalized spacial score (nSPS) is 20.9. The molecule has 2 aromatic carbocycles. The summed E-state index contributed by atoms with van der Waals surface area (Å²) in [6, 6.07) is 11.3. The van der Waals surface area contributed by atoms with Crippen LogP contribution in [0.3, 0.4) is 0 Å². The quantitative estimate of drug-likeness (QED) is 0.450. The van der Waals surface area contributed by atoms with E-state index in [0.717, 1.165) is 49.7 Å². The number of halogens is 4. The number of likely N-dealkylation sites (tertiary alicyclic amines) is 1. The molecule has 0 unspecified atom stereocenters. The van der Waals surface area contributed by atoms with E-state index in [2.05, 4.69) is 15.5 Å². The molecule has 0 bridgehead atoms. The number of alkyl halides is 3. The Morgan fingerprint density at radius 1 is 0.896 bits per heavy atom. The Labute approximate surface area is 283 Å². The van der Waals surface area contributed by atoms with Crippen LogP contribution >= 0.6 is 11.6 Å². The largest absolute Gasteiger partial charge is 0.436 e. The number of amides is 4. The number of carbonyl (C=O) groups is 3. The first-order chi connectivity index (χ1) is 23.1. The zero-order valence-corrected chi connectivity index (χ0v) is 27.6. The lowest BCUT2D eigenvalue weighted by Crippen LogP contribution is -2.56. The Morgan fingerprint density at radius 3 is 2.29 bits per heavy atom. The molecule has 3 fully saturated rings. The van der Waals surface area contributed by atoms with Gasteiger partial charge in [-0.15, -0.1) is 0 Å². The Morgan fingerprint density at radius 2 is 1.60 bits per heavy atom. The molecule has 0 aromatic heterocycles. The molecule has 0 saturated carbocycles. The molecule has 6 rings (SSSR count). The number of piperidine rings is 2. The van der Waals surface area contributed by atoms with Gasteiger partial charge in [-0.05, 0) is 74.5 Å². The highest BCUT2D eigenvalue weighted by Crippen LogP contribution is 2.35. The van der Waals surface area contributed by atoms with Gasteiger partial charge < -0.3 is 30.1 Å². The molecule has 4 aliphatic rings. The van der Waals surface area contributed by atoms with E-state index in [0.29, 0.717) is 70.3 Å². The van der Waals surface area contributed by atoms with Gasteiger partial charge in [0, 0.05) is 70.0 Å². The van der Waals surface area contributed by atoms with E-state index in [1.807, 2.05) is 29.2 Å². The third-order valence-corrected chi connectivity index (χ3v) is 10.3. The minimum Gasteiger partial charge on any atom is -0.436 e. The molecule has 260 valence electrons. The fraction of sp³-hybridized carbons (Fsp3) is 0.559. The first-order valence-electron chi connectivity index (χ1n) is 16.8. The fourth-order valence-electron chi connectivity index (χ4n) is 7.29. The van der Waals surface area contributed by atoms with Crippen molar-refractivity contribution < 1.29 is 32.3 Å². The van der Waals surface area contributed by atoms with Crippen LogP contribution in [-0.4, -0.2) is 115 Å². The first kappa shape index (κ1) is 34.3. The maximum atomic E-state index is 13.9. The Balaban J connectivity index is 1.10. The second-order valence-corrected chi connectivity index (χ2v) is 13.4. The van der Waals surface area contributed by atoms with Gasteiger partial charge >= 0.3 is 18.3 Å². The summed E-state index contributed by atoms with van der Waals surface area (Å²) >= 11 is 5.99. The van der Waals surface area contributed by atoms with E-state index in [1.54, 1.807) is 4.90 Å². The molecule has 4 amide bonds. The molecule has 2 aromatic rings. The summed E-state index contributed by atoms with van der Waals surface area (Å²) in [5.41, 5.74) is 1.28. The van der Waals surface area contributed by atoms with Gasteiger partial charge in [0.05, 0.1) is 10.6 Å². The maximum Gasteiger partial charge on any atom is 0.417 e. The summed E-state index contributed by atoms with van der Waals surface area (Å²) in [5.74, 6) is -0.375. The molecule has 0 spiro atoms. The zero-order valence-electron chi connectivity index (χ0n) is 26.8. The predicted molar refractivity (Wildman–Crippen MR) is 175 cm³/mol. The minimum atomic E-state index is -4.62. The number of ether oxygens (including phenoxy) is 1. The van der Waals surface area contributed by atoms with Crippen LogP contribution in [0, 0.1) is 0 Å². The van der Waals surface area contributed by atoms with E-state index in [1.165, 1.54) is 17.0 Å². The van der Waals surface area contributed by atoms with Gasteiger partial charge in [0.25, 0.3) is 5.91 Å². The van der Waals surface area contributed by atoms with Crippen LogP contribution < -0.4 is 10.6 Å². The number of rotatable bonds is 6. The molecular weight excluding hydrogens is 649 g/mol. The van der Waals surface area contributed by atoms with Crippen molar-refractivity contribution in [2.45, 2.75) is 62.9 Å². The van der Waals surface area contributed by atoms with E-state index < -0.39 is 29.0 Å². The van der Waals surface area contributed by atoms with Crippen LogP contribution in [0.15, 0.2) is 42.5 Å². The monoisotopic (exact) mass is 690 g/mol. The van der Waals surface area contributed by atoms with E-state index in [-0.39, 0.29) is 24.4 Å². The highest BCUT2D eigenvalue weighted by atomic mass is 35.5. The number of fused-ring (bicyclic) bond motifs is 1. The van der Waals surface area contributed by atoms with Crippen LogP contribution in [0.5, 0.6) is 0 Å². The minimum absolute atomic E-state index is 0.0636. The Hall–Kier alpha value is -3.55. The molecule has 1 atom stereocenters. The van der Waals surface area contributed by atoms with E-state index >= 15 is 0 Å². The number of benzene rings is 2. The van der Waals surface area contributed by atoms with Crippen molar-refractivity contribution in [2.24, 2.45) is 0 Å². The molecule has 10 nitrogen and oxygen atoms in total. The first-order valence-corrected chi connectivity index (χ1v) is 17.1. The number of nitrogens with one attached hydrogen (secondary N) is 2. The van der Waals surface area contributed by atoms with Crippen molar-refractivity contribution in [3.05, 3.63) is 64.2 Å². The van der Waals surface area contributed by atoms with Gasteiger partial charge in [0.1, 0.15) is 0 Å². The molecule has 4 heterocycles. The van der Waals surface area contributed by atoms with Crippen molar-refractivity contribution in [1.82, 2.24) is 24.9 Å². The third kappa shape index (κ3) is 8.01. The number of carbonyl (C=O) groups excluding carboxylic acids is 3. The van der Waals surface area contributed by atoms with Crippen molar-refractivity contribution in [2.75, 3.05) is 64.2 Å². The molecule has 3 saturated heterocycles. The zero-order chi connectivity index (χ0) is 33.8. The lowest BCUT2D eigenvalue weighted by atomic mass is 10.0. The summed E-state index contributed by atoms with van der Waals surface area (Å²) in [6.45, 7) is 5.51. The highest BCUT2D eigenvalue weighted by molar-refractivity contribution is 6.31. The molecule has 4 aliphatic heterocycles. The SMILES string of the molecule is O=C(O[C@H](Cc1ccc(C(F)(F)F)c(Cl)c1)C(=O)N1CCN(C2CCNCC2)CC1)N1CCC(N2CCc3ccccc3NC2=O)CC1. The lowest BCUT2D eigenvalue weighted by molar-refractivity contribution is -0.143. The smallest absolute Gasteiger partial charge is 0.417 e. The standard InChI is InChI=1S/C34H42ClF3N6O4/c35-28-21-23(5-6-27(28)34(36,37)38)22-30(31(45)42-19-17-41(18-20-42)25-7-12-39-13-8-25)48-33(47)43-14-10-26(11-15-43)44-16-9-24-3-1-2-4-29(24)40-32(44)46/h1-6,21,25-26,30,39H,7-20,22H2,(H,40,46)/t30-/m1/s1. The van der Waals surface area contributed by atoms with Gasteiger partial charge in [-0.3, -0.25) is 9.69 Å². The van der Waals surface area contributed by atoms with Crippen molar-refractivity contribution in [1.29, 1.82) is 0 Å². The maximum absolute atomic E-state index is 13.9. The number of anilines is 1. The van der Waals surface area contributed by atoms with Gasteiger partial charge in [-0.25, -0.2) is 9.59 Å². The molecule has 2 N–H and O–H groups in total. The van der Waals surface area contributed by atoms with Gasteiger partial charge in [0.2, 0.25) is 0 Å². The molecular formula is C34H42ClF3N6O4. The van der Waals surface area contributed by atoms with Crippen LogP contribution in [0.2, 0.25) is 5.02 Å². The number of para-hydroxylation sites is 1. The summed E-state index contributed by atoms with van der Waals surface area (Å²) in [4.78, 5) is 47.9. The van der Waals surface area contributed by atoms with E-state index in [9.17, 15) is 27.6 Å². The van der Waals surface area contributed by atoms with Crippen LogP contribution in [0.1, 0.15) is 42.4 Å².